The summed E-state index contributed by atoms with van der Waals surface area (Å²) in [5, 5.41) is 13.0. The predicted octanol–water partition coefficient (Wildman–Crippen LogP) is 0.146. The Kier molecular flexibility index (Phi) is 5.46. The molecule has 0 heterocycles. The number of nitrogens with one attached hydrogen (secondary N) is 2. The molecule has 0 bridgehead atoms. The molecule has 1 rings (SSSR count). The summed E-state index contributed by atoms with van der Waals surface area (Å²) in [7, 11) is 0. The van der Waals surface area contributed by atoms with E-state index < -0.39 is 30.1 Å². The van der Waals surface area contributed by atoms with Gasteiger partial charge in [-0.05, 0) is 24.3 Å². The highest BCUT2D eigenvalue weighted by molar-refractivity contribution is 5.94. The summed E-state index contributed by atoms with van der Waals surface area (Å²) >= 11 is 0. The fraction of sp³-hybridized carbons (Fsp3) is 0.250. The van der Waals surface area contributed by atoms with Gasteiger partial charge in [-0.15, -0.1) is 0 Å². The molecule has 3 N–H and O–H groups in total. The zero-order chi connectivity index (χ0) is 14.3. The maximum atomic E-state index is 12.6. The summed E-state index contributed by atoms with van der Waals surface area (Å²) in [5.74, 6) is -2.47. The molecule has 0 fully saturated rings. The van der Waals surface area contributed by atoms with Crippen molar-refractivity contribution in [2.75, 3.05) is 13.1 Å². The molecule has 1 aromatic carbocycles. The third-order valence-electron chi connectivity index (χ3n) is 2.18. The standard InChI is InChI=1S/C12H13FN2O4/c13-9-3-1-8(2-4-9)12(19)14-6-5-10(16)15-7-11(17)18/h1-4H,5-7H2,(H,14,19)(H,15,16)(H,17,18). The molecule has 2 amide bonds. The number of halogens is 1. The average molecular weight is 268 g/mol. The molecule has 0 saturated heterocycles. The first kappa shape index (κ1) is 14.6. The zero-order valence-corrected chi connectivity index (χ0v) is 9.98. The third kappa shape index (κ3) is 5.62. The first-order valence-electron chi connectivity index (χ1n) is 5.51. The Balaban J connectivity index is 2.29. The van der Waals surface area contributed by atoms with E-state index in [4.69, 9.17) is 5.11 Å². The number of benzene rings is 1. The number of carboxylic acid groups (broad SMARTS) is 1. The highest BCUT2D eigenvalue weighted by Crippen LogP contribution is 2.02. The summed E-state index contributed by atoms with van der Waals surface area (Å²) in [6.45, 7) is -0.383. The van der Waals surface area contributed by atoms with E-state index in [0.29, 0.717) is 0 Å². The Morgan fingerprint density at radius 2 is 1.74 bits per heavy atom. The molecule has 6 nitrogen and oxygen atoms in total. The van der Waals surface area contributed by atoms with Crippen molar-refractivity contribution in [2.24, 2.45) is 0 Å². The minimum atomic E-state index is -1.14. The SMILES string of the molecule is O=C(O)CNC(=O)CCNC(=O)c1ccc(F)cc1. The minimum Gasteiger partial charge on any atom is -0.480 e. The minimum absolute atomic E-state index is 0.0276. The molecule has 102 valence electrons. The molecule has 1 aromatic rings. The summed E-state index contributed by atoms with van der Waals surface area (Å²) < 4.78 is 12.6. The van der Waals surface area contributed by atoms with Gasteiger partial charge in [0.15, 0.2) is 0 Å². The van der Waals surface area contributed by atoms with Gasteiger partial charge >= 0.3 is 5.97 Å². The number of aliphatic carboxylic acids is 1. The highest BCUT2D eigenvalue weighted by atomic mass is 19.1. The van der Waals surface area contributed by atoms with Crippen LogP contribution in [0.3, 0.4) is 0 Å². The second-order valence-corrected chi connectivity index (χ2v) is 3.68. The van der Waals surface area contributed by atoms with Gasteiger partial charge in [0.05, 0.1) is 0 Å². The fourth-order valence-electron chi connectivity index (χ4n) is 1.26. The highest BCUT2D eigenvalue weighted by Gasteiger charge is 2.07. The molecule has 0 aliphatic heterocycles. The Bertz CT molecular complexity index is 473. The Morgan fingerprint density at radius 3 is 2.32 bits per heavy atom. The largest absolute Gasteiger partial charge is 0.480 e. The van der Waals surface area contributed by atoms with Crippen molar-refractivity contribution in [3.63, 3.8) is 0 Å². The van der Waals surface area contributed by atoms with E-state index >= 15 is 0 Å². The normalized spacial score (nSPS) is 9.74. The number of amides is 2. The van der Waals surface area contributed by atoms with Gasteiger partial charge in [0.2, 0.25) is 5.91 Å². The number of carbonyl (C=O) groups excluding carboxylic acids is 2. The van der Waals surface area contributed by atoms with E-state index in [0.717, 1.165) is 12.1 Å². The van der Waals surface area contributed by atoms with Crippen LogP contribution in [0.4, 0.5) is 4.39 Å². The van der Waals surface area contributed by atoms with Gasteiger partial charge in [0.25, 0.3) is 5.91 Å². The number of rotatable bonds is 6. The van der Waals surface area contributed by atoms with Crippen molar-refractivity contribution in [2.45, 2.75) is 6.42 Å². The molecule has 0 atom stereocenters. The van der Waals surface area contributed by atoms with Gasteiger partial charge in [-0.25, -0.2) is 4.39 Å². The summed E-state index contributed by atoms with van der Waals surface area (Å²) in [5.41, 5.74) is 0.285. The van der Waals surface area contributed by atoms with Gasteiger partial charge < -0.3 is 15.7 Å². The van der Waals surface area contributed by atoms with Crippen molar-refractivity contribution >= 4 is 17.8 Å². The summed E-state index contributed by atoms with van der Waals surface area (Å²) in [4.78, 5) is 32.9. The van der Waals surface area contributed by atoms with Crippen molar-refractivity contribution < 1.29 is 23.9 Å². The smallest absolute Gasteiger partial charge is 0.322 e. The van der Waals surface area contributed by atoms with E-state index in [1.807, 2.05) is 0 Å². The lowest BCUT2D eigenvalue weighted by Crippen LogP contribution is -2.33. The maximum absolute atomic E-state index is 12.6. The number of carbonyl (C=O) groups is 3. The summed E-state index contributed by atoms with van der Waals surface area (Å²) in [6, 6.07) is 4.98. The van der Waals surface area contributed by atoms with Crippen LogP contribution in [0.25, 0.3) is 0 Å². The zero-order valence-electron chi connectivity index (χ0n) is 9.98. The van der Waals surface area contributed by atoms with Crippen molar-refractivity contribution in [1.82, 2.24) is 10.6 Å². The van der Waals surface area contributed by atoms with Crippen molar-refractivity contribution in [3.05, 3.63) is 35.6 Å². The van der Waals surface area contributed by atoms with Crippen molar-refractivity contribution in [3.8, 4) is 0 Å². The van der Waals surface area contributed by atoms with Crippen LogP contribution in [0.2, 0.25) is 0 Å². The molecule has 0 aliphatic carbocycles. The first-order chi connectivity index (χ1) is 8.99. The molecule has 0 saturated carbocycles. The van der Waals surface area contributed by atoms with E-state index in [1.165, 1.54) is 12.1 Å². The maximum Gasteiger partial charge on any atom is 0.322 e. The third-order valence-corrected chi connectivity index (χ3v) is 2.18. The predicted molar refractivity (Wildman–Crippen MR) is 64.0 cm³/mol. The quantitative estimate of drug-likeness (QED) is 0.684. The van der Waals surface area contributed by atoms with Gasteiger partial charge in [0.1, 0.15) is 12.4 Å². The second kappa shape index (κ2) is 7.10. The van der Waals surface area contributed by atoms with Crippen molar-refractivity contribution in [1.29, 1.82) is 0 Å². The molecule has 19 heavy (non-hydrogen) atoms. The van der Waals surface area contributed by atoms with Crippen LogP contribution < -0.4 is 10.6 Å². The van der Waals surface area contributed by atoms with Crippen LogP contribution in [0.5, 0.6) is 0 Å². The number of carboxylic acids is 1. The van der Waals surface area contributed by atoms with Crippen LogP contribution in [-0.2, 0) is 9.59 Å². The lowest BCUT2D eigenvalue weighted by atomic mass is 10.2. The first-order valence-corrected chi connectivity index (χ1v) is 5.51. The number of hydrogen-bond donors (Lipinski definition) is 3. The van der Waals surface area contributed by atoms with Crippen LogP contribution in [0.1, 0.15) is 16.8 Å². The van der Waals surface area contributed by atoms with Crippen LogP contribution in [-0.4, -0.2) is 36.0 Å². The molecular weight excluding hydrogens is 255 g/mol. The van der Waals surface area contributed by atoms with Gasteiger partial charge in [-0.3, -0.25) is 14.4 Å². The molecule has 0 radical (unpaired) electrons. The Labute approximate surface area is 108 Å². The molecule has 0 spiro atoms. The van der Waals surface area contributed by atoms with Crippen LogP contribution >= 0.6 is 0 Å². The molecule has 0 aromatic heterocycles. The molecule has 0 unspecified atom stereocenters. The van der Waals surface area contributed by atoms with Crippen LogP contribution in [0, 0.1) is 5.82 Å². The summed E-state index contributed by atoms with van der Waals surface area (Å²) in [6.07, 6.45) is -0.0276. The topological polar surface area (TPSA) is 95.5 Å². The average Bonchev–Trinajstić information content (AvgIpc) is 2.37. The lowest BCUT2D eigenvalue weighted by Gasteiger charge is -2.05. The molecule has 7 heteroatoms. The number of hydrogen-bond acceptors (Lipinski definition) is 3. The molecular formula is C12H13FN2O4. The second-order valence-electron chi connectivity index (χ2n) is 3.68. The van der Waals surface area contributed by atoms with E-state index in [1.54, 1.807) is 0 Å². The van der Waals surface area contributed by atoms with E-state index in [-0.39, 0.29) is 18.5 Å². The van der Waals surface area contributed by atoms with Gasteiger partial charge in [0, 0.05) is 18.5 Å². The van der Waals surface area contributed by atoms with Crippen LogP contribution in [0.15, 0.2) is 24.3 Å². The fourth-order valence-corrected chi connectivity index (χ4v) is 1.26. The Hall–Kier alpha value is -2.44. The lowest BCUT2D eigenvalue weighted by molar-refractivity contribution is -0.137. The van der Waals surface area contributed by atoms with Gasteiger partial charge in [-0.1, -0.05) is 0 Å². The Morgan fingerprint density at radius 1 is 1.11 bits per heavy atom. The van der Waals surface area contributed by atoms with E-state index in [9.17, 15) is 18.8 Å². The molecule has 0 aliphatic rings. The van der Waals surface area contributed by atoms with Gasteiger partial charge in [-0.2, -0.15) is 0 Å². The van der Waals surface area contributed by atoms with E-state index in [2.05, 4.69) is 10.6 Å². The monoisotopic (exact) mass is 268 g/mol.